The van der Waals surface area contributed by atoms with E-state index in [9.17, 15) is 9.18 Å². The number of benzene rings is 1. The number of ether oxygens (including phenoxy) is 1. The minimum Gasteiger partial charge on any atom is -0.492 e. The summed E-state index contributed by atoms with van der Waals surface area (Å²) in [5, 5.41) is 0. The van der Waals surface area contributed by atoms with Crippen LogP contribution in [-0.2, 0) is 4.79 Å². The lowest BCUT2D eigenvalue weighted by Crippen LogP contribution is -2.40. The van der Waals surface area contributed by atoms with Crippen LogP contribution in [0.25, 0.3) is 0 Å². The van der Waals surface area contributed by atoms with Gasteiger partial charge < -0.3 is 15.4 Å². The Kier molecular flexibility index (Phi) is 5.56. The van der Waals surface area contributed by atoms with Crippen LogP contribution < -0.4 is 10.5 Å². The number of hydrogen-bond donors (Lipinski definition) is 1. The predicted molar refractivity (Wildman–Crippen MR) is 79.5 cm³/mol. The van der Waals surface area contributed by atoms with Crippen molar-refractivity contribution in [3.05, 3.63) is 30.1 Å². The van der Waals surface area contributed by atoms with Gasteiger partial charge in [0.1, 0.15) is 18.2 Å². The summed E-state index contributed by atoms with van der Waals surface area (Å²) < 4.78 is 18.3. The maximum absolute atomic E-state index is 12.8. The lowest BCUT2D eigenvalue weighted by molar-refractivity contribution is -0.135. The molecule has 116 valence electrons. The third-order valence-corrected chi connectivity index (χ3v) is 3.95. The Balaban J connectivity index is 1.74. The van der Waals surface area contributed by atoms with Gasteiger partial charge in [0.05, 0.1) is 6.54 Å². The van der Waals surface area contributed by atoms with E-state index in [0.717, 1.165) is 25.7 Å². The molecule has 0 heterocycles. The maximum atomic E-state index is 12.8. The second-order valence-corrected chi connectivity index (χ2v) is 5.69. The van der Waals surface area contributed by atoms with Gasteiger partial charge in [-0.15, -0.1) is 0 Å². The molecule has 2 N–H and O–H groups in total. The van der Waals surface area contributed by atoms with E-state index in [1.807, 2.05) is 0 Å². The lowest BCUT2D eigenvalue weighted by Gasteiger charge is -2.29. The second-order valence-electron chi connectivity index (χ2n) is 5.69. The highest BCUT2D eigenvalue weighted by molar-refractivity contribution is 5.78. The Morgan fingerprint density at radius 3 is 2.76 bits per heavy atom. The molecule has 5 heteroatoms. The molecule has 21 heavy (non-hydrogen) atoms. The first-order valence-electron chi connectivity index (χ1n) is 7.45. The number of amides is 1. The van der Waals surface area contributed by atoms with Crippen LogP contribution in [0.5, 0.6) is 5.75 Å². The number of carbonyl (C=O) groups excluding carboxylic acids is 1. The van der Waals surface area contributed by atoms with E-state index in [1.54, 1.807) is 24.1 Å². The molecule has 0 radical (unpaired) electrons. The van der Waals surface area contributed by atoms with Gasteiger partial charge in [0.25, 0.3) is 0 Å². The molecule has 1 aromatic carbocycles. The smallest absolute Gasteiger partial charge is 0.225 e. The maximum Gasteiger partial charge on any atom is 0.225 e. The minimum absolute atomic E-state index is 0.0459. The largest absolute Gasteiger partial charge is 0.492 e. The Labute approximate surface area is 125 Å². The molecule has 4 nitrogen and oxygen atoms in total. The van der Waals surface area contributed by atoms with Crippen LogP contribution in [0.15, 0.2) is 24.3 Å². The number of hydrogen-bond acceptors (Lipinski definition) is 3. The first-order chi connectivity index (χ1) is 10.1. The van der Waals surface area contributed by atoms with E-state index in [2.05, 4.69) is 0 Å². The molecule has 0 saturated heterocycles. The van der Waals surface area contributed by atoms with Crippen LogP contribution in [0.4, 0.5) is 4.39 Å². The van der Waals surface area contributed by atoms with Gasteiger partial charge in [-0.05, 0) is 43.5 Å². The molecule has 1 aromatic rings. The van der Waals surface area contributed by atoms with Crippen LogP contribution in [0, 0.1) is 11.7 Å². The fourth-order valence-electron chi connectivity index (χ4n) is 2.70. The van der Waals surface area contributed by atoms with Crippen molar-refractivity contribution in [1.29, 1.82) is 0 Å². The van der Waals surface area contributed by atoms with Crippen molar-refractivity contribution in [3.63, 3.8) is 0 Å². The zero-order valence-electron chi connectivity index (χ0n) is 12.4. The van der Waals surface area contributed by atoms with E-state index in [-0.39, 0.29) is 23.7 Å². The van der Waals surface area contributed by atoms with Crippen LogP contribution in [0.2, 0.25) is 0 Å². The van der Waals surface area contributed by atoms with E-state index < -0.39 is 0 Å². The Morgan fingerprint density at radius 2 is 2.10 bits per heavy atom. The summed E-state index contributed by atoms with van der Waals surface area (Å²) in [6.45, 7) is 0.911. The Morgan fingerprint density at radius 1 is 1.38 bits per heavy atom. The fourth-order valence-corrected chi connectivity index (χ4v) is 2.70. The Hall–Kier alpha value is -1.62. The summed E-state index contributed by atoms with van der Waals surface area (Å²) in [6, 6.07) is 6.02. The average molecular weight is 294 g/mol. The van der Waals surface area contributed by atoms with Gasteiger partial charge in [-0.2, -0.15) is 0 Å². The summed E-state index contributed by atoms with van der Waals surface area (Å²) >= 11 is 0. The molecule has 0 unspecified atom stereocenters. The number of halogens is 1. The van der Waals surface area contributed by atoms with Gasteiger partial charge in [-0.25, -0.2) is 4.39 Å². The number of carbonyl (C=O) groups is 1. The van der Waals surface area contributed by atoms with Gasteiger partial charge in [0.2, 0.25) is 5.91 Å². The minimum atomic E-state index is -0.289. The summed E-state index contributed by atoms with van der Waals surface area (Å²) in [7, 11) is 1.79. The number of likely N-dealkylation sites (N-methyl/N-ethyl adjacent to an activating group) is 1. The van der Waals surface area contributed by atoms with Crippen LogP contribution in [0.3, 0.4) is 0 Å². The summed E-state index contributed by atoms with van der Waals surface area (Å²) in [5.41, 5.74) is 5.93. The zero-order valence-corrected chi connectivity index (χ0v) is 12.4. The van der Waals surface area contributed by atoms with Gasteiger partial charge in [-0.3, -0.25) is 4.79 Å². The molecular weight excluding hydrogens is 271 g/mol. The van der Waals surface area contributed by atoms with E-state index >= 15 is 0 Å². The molecule has 0 bridgehead atoms. The predicted octanol–water partition coefficient (Wildman–Crippen LogP) is 2.18. The molecule has 0 spiro atoms. The van der Waals surface area contributed by atoms with E-state index in [4.69, 9.17) is 10.5 Å². The summed E-state index contributed by atoms with van der Waals surface area (Å²) in [4.78, 5) is 14.0. The van der Waals surface area contributed by atoms with Crippen molar-refractivity contribution in [2.75, 3.05) is 20.2 Å². The standard InChI is InChI=1S/C16H23FN2O2/c1-19(16(20)12-3-2-4-14(18)11-12)9-10-21-15-7-5-13(17)6-8-15/h5-8,12,14H,2-4,9-11,18H2,1H3/t12-,14+/m1/s1. The van der Waals surface area contributed by atoms with Crippen LogP contribution in [0.1, 0.15) is 25.7 Å². The van der Waals surface area contributed by atoms with Crippen molar-refractivity contribution in [1.82, 2.24) is 4.90 Å². The third kappa shape index (κ3) is 4.70. The second kappa shape index (κ2) is 7.41. The average Bonchev–Trinajstić information content (AvgIpc) is 2.48. The number of nitrogens with two attached hydrogens (primary N) is 1. The first kappa shape index (κ1) is 15.8. The molecule has 0 aromatic heterocycles. The van der Waals surface area contributed by atoms with E-state index in [1.165, 1.54) is 12.1 Å². The highest BCUT2D eigenvalue weighted by atomic mass is 19.1. The monoisotopic (exact) mass is 294 g/mol. The topological polar surface area (TPSA) is 55.6 Å². The first-order valence-corrected chi connectivity index (χ1v) is 7.45. The molecular formula is C16H23FN2O2. The summed E-state index contributed by atoms with van der Waals surface area (Å²) in [6.07, 6.45) is 3.75. The molecule has 1 saturated carbocycles. The molecule has 2 atom stereocenters. The normalized spacial score (nSPS) is 21.9. The SMILES string of the molecule is CN(CCOc1ccc(F)cc1)C(=O)[C@@H]1CCC[C@H](N)C1. The molecule has 1 amide bonds. The van der Waals surface area contributed by atoms with Crippen molar-refractivity contribution in [3.8, 4) is 5.75 Å². The zero-order chi connectivity index (χ0) is 15.2. The highest BCUT2D eigenvalue weighted by Gasteiger charge is 2.27. The lowest BCUT2D eigenvalue weighted by atomic mass is 9.85. The highest BCUT2D eigenvalue weighted by Crippen LogP contribution is 2.24. The van der Waals surface area contributed by atoms with Gasteiger partial charge >= 0.3 is 0 Å². The van der Waals surface area contributed by atoms with Gasteiger partial charge in [-0.1, -0.05) is 6.42 Å². The van der Waals surface area contributed by atoms with Crippen molar-refractivity contribution < 1.29 is 13.9 Å². The van der Waals surface area contributed by atoms with Crippen molar-refractivity contribution in [2.45, 2.75) is 31.7 Å². The fraction of sp³-hybridized carbons (Fsp3) is 0.562. The molecule has 1 fully saturated rings. The quantitative estimate of drug-likeness (QED) is 0.905. The van der Waals surface area contributed by atoms with Gasteiger partial charge in [0.15, 0.2) is 0 Å². The summed E-state index contributed by atoms with van der Waals surface area (Å²) in [5.74, 6) is 0.512. The van der Waals surface area contributed by atoms with E-state index in [0.29, 0.717) is 18.9 Å². The van der Waals surface area contributed by atoms with Crippen molar-refractivity contribution in [2.24, 2.45) is 11.7 Å². The van der Waals surface area contributed by atoms with Crippen molar-refractivity contribution >= 4 is 5.91 Å². The molecule has 2 rings (SSSR count). The Bertz CT molecular complexity index is 464. The molecule has 1 aliphatic rings. The molecule has 0 aliphatic heterocycles. The van der Waals surface area contributed by atoms with Gasteiger partial charge in [0, 0.05) is 19.0 Å². The number of rotatable bonds is 5. The van der Waals surface area contributed by atoms with Crippen LogP contribution >= 0.6 is 0 Å². The number of nitrogens with zero attached hydrogens (tertiary/aromatic N) is 1. The van der Waals surface area contributed by atoms with Crippen LogP contribution in [-0.4, -0.2) is 37.0 Å². The third-order valence-electron chi connectivity index (χ3n) is 3.95. The molecule has 1 aliphatic carbocycles.